The smallest absolute Gasteiger partial charge is 0.329 e. The second kappa shape index (κ2) is 10.9. The van der Waals surface area contributed by atoms with Gasteiger partial charge in [0.05, 0.1) is 27.0 Å². The lowest BCUT2D eigenvalue weighted by Gasteiger charge is -2.21. The van der Waals surface area contributed by atoms with Crippen molar-refractivity contribution in [3.63, 3.8) is 0 Å². The van der Waals surface area contributed by atoms with Gasteiger partial charge in [0.15, 0.2) is 6.61 Å². The van der Waals surface area contributed by atoms with Crippen molar-refractivity contribution in [2.75, 3.05) is 20.8 Å². The molecule has 0 aliphatic heterocycles. The highest BCUT2D eigenvalue weighted by atomic mass is 16.5. The third-order valence-electron chi connectivity index (χ3n) is 4.21. The van der Waals surface area contributed by atoms with Crippen LogP contribution in [0.1, 0.15) is 30.0 Å². The number of hydrogen-bond donors (Lipinski definition) is 2. The number of rotatable bonds is 10. The van der Waals surface area contributed by atoms with Gasteiger partial charge < -0.3 is 29.3 Å². The van der Waals surface area contributed by atoms with Crippen LogP contribution in [0.5, 0.6) is 11.5 Å². The number of methoxy groups -OCH3 is 2. The SMILES string of the molecule is COc1cc(OC)cc(C(=O)N[C@H](C(=O)OCC(=O)NCc2ccco2)C(C)C)c1. The third-order valence-corrected chi connectivity index (χ3v) is 4.21. The molecule has 1 aromatic carbocycles. The second-order valence-electron chi connectivity index (χ2n) is 6.76. The lowest BCUT2D eigenvalue weighted by atomic mass is 10.0. The van der Waals surface area contributed by atoms with E-state index in [9.17, 15) is 14.4 Å². The van der Waals surface area contributed by atoms with Crippen LogP contribution in [0.3, 0.4) is 0 Å². The summed E-state index contributed by atoms with van der Waals surface area (Å²) in [4.78, 5) is 37.0. The molecule has 0 saturated heterocycles. The van der Waals surface area contributed by atoms with Gasteiger partial charge >= 0.3 is 5.97 Å². The maximum Gasteiger partial charge on any atom is 0.329 e. The fourth-order valence-electron chi connectivity index (χ4n) is 2.54. The number of hydrogen-bond acceptors (Lipinski definition) is 7. The van der Waals surface area contributed by atoms with Gasteiger partial charge in [0, 0.05) is 11.6 Å². The molecule has 1 heterocycles. The minimum atomic E-state index is -0.937. The number of ether oxygens (including phenoxy) is 3. The zero-order chi connectivity index (χ0) is 22.1. The number of carbonyl (C=O) groups is 3. The summed E-state index contributed by atoms with van der Waals surface area (Å²) < 4.78 is 20.5. The van der Waals surface area contributed by atoms with Gasteiger partial charge in [-0.15, -0.1) is 0 Å². The van der Waals surface area contributed by atoms with Crippen molar-refractivity contribution in [2.24, 2.45) is 5.92 Å². The number of amides is 2. The van der Waals surface area contributed by atoms with Gasteiger partial charge in [-0.05, 0) is 30.2 Å². The normalized spacial score (nSPS) is 11.5. The van der Waals surface area contributed by atoms with Crippen molar-refractivity contribution in [1.82, 2.24) is 10.6 Å². The van der Waals surface area contributed by atoms with E-state index < -0.39 is 30.4 Å². The molecular formula is C21H26N2O7. The van der Waals surface area contributed by atoms with Crippen LogP contribution in [0.4, 0.5) is 0 Å². The van der Waals surface area contributed by atoms with Gasteiger partial charge in [0.2, 0.25) is 0 Å². The average Bonchev–Trinajstić information content (AvgIpc) is 3.27. The van der Waals surface area contributed by atoms with E-state index in [4.69, 9.17) is 18.6 Å². The zero-order valence-electron chi connectivity index (χ0n) is 17.4. The van der Waals surface area contributed by atoms with E-state index in [1.54, 1.807) is 32.0 Å². The number of nitrogens with one attached hydrogen (secondary N) is 2. The van der Waals surface area contributed by atoms with Crippen LogP contribution < -0.4 is 20.1 Å². The average molecular weight is 418 g/mol. The number of benzene rings is 1. The van der Waals surface area contributed by atoms with E-state index >= 15 is 0 Å². The lowest BCUT2D eigenvalue weighted by Crippen LogP contribution is -2.46. The summed E-state index contributed by atoms with van der Waals surface area (Å²) in [7, 11) is 2.95. The Bertz CT molecular complexity index is 840. The standard InChI is InChI=1S/C21H26N2O7/c1-13(2)19(21(26)30-12-18(24)22-11-15-6-5-7-29-15)23-20(25)14-8-16(27-3)10-17(9-14)28-4/h5-10,13,19H,11-12H2,1-4H3,(H,22,24)(H,23,25)/t19-/m0/s1. The summed E-state index contributed by atoms with van der Waals surface area (Å²) in [5, 5.41) is 5.22. The Morgan fingerprint density at radius 2 is 1.73 bits per heavy atom. The van der Waals surface area contributed by atoms with Crippen molar-refractivity contribution >= 4 is 17.8 Å². The Labute approximate surface area is 174 Å². The quantitative estimate of drug-likeness (QED) is 0.566. The molecule has 2 aromatic rings. The first kappa shape index (κ1) is 22.8. The maximum atomic E-state index is 12.7. The van der Waals surface area contributed by atoms with Gasteiger partial charge in [0.1, 0.15) is 23.3 Å². The second-order valence-corrected chi connectivity index (χ2v) is 6.76. The summed E-state index contributed by atoms with van der Waals surface area (Å²) in [6, 6.07) is 7.17. The number of furan rings is 1. The third kappa shape index (κ3) is 6.54. The van der Waals surface area contributed by atoms with Crippen molar-refractivity contribution < 1.29 is 33.0 Å². The summed E-state index contributed by atoms with van der Waals surface area (Å²) in [6.45, 7) is 3.24. The first-order chi connectivity index (χ1) is 14.3. The molecule has 0 saturated carbocycles. The Kier molecular flexibility index (Phi) is 8.28. The molecule has 0 spiro atoms. The number of carbonyl (C=O) groups excluding carboxylic acids is 3. The van der Waals surface area contributed by atoms with E-state index in [-0.39, 0.29) is 18.0 Å². The molecule has 0 bridgehead atoms. The van der Waals surface area contributed by atoms with E-state index in [0.29, 0.717) is 17.3 Å². The largest absolute Gasteiger partial charge is 0.497 e. The molecule has 9 heteroatoms. The minimum absolute atomic E-state index is 0.186. The Morgan fingerprint density at radius 1 is 1.07 bits per heavy atom. The predicted molar refractivity (Wildman–Crippen MR) is 107 cm³/mol. The van der Waals surface area contributed by atoms with Gasteiger partial charge in [-0.1, -0.05) is 13.8 Å². The molecule has 2 rings (SSSR count). The van der Waals surface area contributed by atoms with E-state index in [1.165, 1.54) is 32.6 Å². The molecule has 2 amide bonds. The molecule has 2 N–H and O–H groups in total. The molecule has 0 aliphatic carbocycles. The molecule has 1 aromatic heterocycles. The van der Waals surface area contributed by atoms with E-state index in [0.717, 1.165) is 0 Å². The van der Waals surface area contributed by atoms with Gasteiger partial charge in [-0.2, -0.15) is 0 Å². The van der Waals surface area contributed by atoms with Crippen molar-refractivity contribution in [1.29, 1.82) is 0 Å². The van der Waals surface area contributed by atoms with Crippen LogP contribution in [0.15, 0.2) is 41.0 Å². The fourth-order valence-corrected chi connectivity index (χ4v) is 2.54. The van der Waals surface area contributed by atoms with Crippen LogP contribution in [0.25, 0.3) is 0 Å². The molecule has 0 aliphatic rings. The van der Waals surface area contributed by atoms with Crippen LogP contribution in [-0.4, -0.2) is 44.7 Å². The summed E-state index contributed by atoms with van der Waals surface area (Å²) in [6.07, 6.45) is 1.50. The van der Waals surface area contributed by atoms with Crippen LogP contribution >= 0.6 is 0 Å². The molecular weight excluding hydrogens is 392 g/mol. The van der Waals surface area contributed by atoms with Crippen LogP contribution in [-0.2, 0) is 20.9 Å². The monoisotopic (exact) mass is 418 g/mol. The predicted octanol–water partition coefficient (Wildman–Crippen LogP) is 1.91. The first-order valence-electron chi connectivity index (χ1n) is 9.33. The van der Waals surface area contributed by atoms with Crippen LogP contribution in [0.2, 0.25) is 0 Å². The molecule has 0 fully saturated rings. The highest BCUT2D eigenvalue weighted by molar-refractivity contribution is 5.97. The van der Waals surface area contributed by atoms with Crippen molar-refractivity contribution in [2.45, 2.75) is 26.4 Å². The Balaban J connectivity index is 1.95. The molecule has 162 valence electrons. The highest BCUT2D eigenvalue weighted by Gasteiger charge is 2.27. The molecule has 0 radical (unpaired) electrons. The summed E-state index contributed by atoms with van der Waals surface area (Å²) >= 11 is 0. The zero-order valence-corrected chi connectivity index (χ0v) is 17.4. The summed E-state index contributed by atoms with van der Waals surface area (Å²) in [5.41, 5.74) is 0.265. The van der Waals surface area contributed by atoms with E-state index in [1.807, 2.05) is 0 Å². The lowest BCUT2D eigenvalue weighted by molar-refractivity contribution is -0.151. The molecule has 9 nitrogen and oxygen atoms in total. The highest BCUT2D eigenvalue weighted by Crippen LogP contribution is 2.22. The van der Waals surface area contributed by atoms with Crippen LogP contribution in [0, 0.1) is 5.92 Å². The maximum absolute atomic E-state index is 12.7. The Morgan fingerprint density at radius 3 is 2.27 bits per heavy atom. The van der Waals surface area contributed by atoms with E-state index in [2.05, 4.69) is 10.6 Å². The van der Waals surface area contributed by atoms with Gasteiger partial charge in [-0.25, -0.2) is 4.79 Å². The molecule has 30 heavy (non-hydrogen) atoms. The Hall–Kier alpha value is -3.49. The summed E-state index contributed by atoms with van der Waals surface area (Å²) in [5.74, 6) is -0.485. The molecule has 1 atom stereocenters. The molecule has 0 unspecified atom stereocenters. The topological polar surface area (TPSA) is 116 Å². The van der Waals surface area contributed by atoms with Gasteiger partial charge in [0.25, 0.3) is 11.8 Å². The van der Waals surface area contributed by atoms with Crippen molar-refractivity contribution in [3.05, 3.63) is 47.9 Å². The van der Waals surface area contributed by atoms with Crippen molar-refractivity contribution in [3.8, 4) is 11.5 Å². The number of esters is 1. The van der Waals surface area contributed by atoms with Gasteiger partial charge in [-0.3, -0.25) is 9.59 Å². The first-order valence-corrected chi connectivity index (χ1v) is 9.33. The fraction of sp³-hybridized carbons (Fsp3) is 0.381. The minimum Gasteiger partial charge on any atom is -0.497 e.